The maximum atomic E-state index is 13.6. The Labute approximate surface area is 170 Å². The van der Waals surface area contributed by atoms with E-state index in [1.165, 1.54) is 0 Å². The van der Waals surface area contributed by atoms with Gasteiger partial charge in [0, 0.05) is 17.7 Å². The smallest absolute Gasteiger partial charge is 0.189 e. The van der Waals surface area contributed by atoms with Gasteiger partial charge in [0.25, 0.3) is 0 Å². The van der Waals surface area contributed by atoms with E-state index in [0.29, 0.717) is 23.7 Å². The van der Waals surface area contributed by atoms with Gasteiger partial charge >= 0.3 is 0 Å². The standard InChI is InChI=1S/C24H22N2O3/c1-28-19-11-7-16(8-12-19)22(23(27)17-9-13-20(29-2)14-10-17)26-15-18-5-3-4-6-21(18)24(26)25/h3-14,22,25H,15H2,1-2H3. The Bertz CT molecular complexity index is 1040. The fraction of sp³-hybridized carbons (Fsp3) is 0.167. The highest BCUT2D eigenvalue weighted by Gasteiger charge is 2.35. The number of ketones is 1. The van der Waals surface area contributed by atoms with Crippen LogP contribution >= 0.6 is 0 Å². The maximum Gasteiger partial charge on any atom is 0.189 e. The molecule has 1 N–H and O–H groups in total. The molecule has 5 heteroatoms. The molecule has 0 radical (unpaired) electrons. The Balaban J connectivity index is 1.75. The second-order valence-corrected chi connectivity index (χ2v) is 6.90. The summed E-state index contributed by atoms with van der Waals surface area (Å²) in [6.07, 6.45) is 0. The summed E-state index contributed by atoms with van der Waals surface area (Å²) < 4.78 is 10.5. The Hall–Kier alpha value is -3.60. The normalized spacial score (nSPS) is 13.7. The maximum absolute atomic E-state index is 13.6. The summed E-state index contributed by atoms with van der Waals surface area (Å²) in [6, 6.07) is 21.8. The first-order chi connectivity index (χ1) is 14.1. The van der Waals surface area contributed by atoms with Gasteiger partial charge in [-0.3, -0.25) is 10.2 Å². The fourth-order valence-electron chi connectivity index (χ4n) is 3.70. The van der Waals surface area contributed by atoms with Crippen molar-refractivity contribution in [1.82, 2.24) is 4.90 Å². The number of carbonyl (C=O) groups excluding carboxylic acids is 1. The van der Waals surface area contributed by atoms with E-state index in [1.807, 2.05) is 53.4 Å². The van der Waals surface area contributed by atoms with Gasteiger partial charge in [-0.05, 0) is 47.5 Å². The lowest BCUT2D eigenvalue weighted by molar-refractivity contribution is 0.0886. The fourth-order valence-corrected chi connectivity index (χ4v) is 3.70. The third-order valence-electron chi connectivity index (χ3n) is 5.27. The quantitative estimate of drug-likeness (QED) is 0.635. The van der Waals surface area contributed by atoms with Crippen molar-refractivity contribution < 1.29 is 14.3 Å². The van der Waals surface area contributed by atoms with E-state index >= 15 is 0 Å². The van der Waals surface area contributed by atoms with Gasteiger partial charge in [0.15, 0.2) is 5.78 Å². The molecule has 1 aliphatic heterocycles. The Morgan fingerprint density at radius 2 is 1.48 bits per heavy atom. The first kappa shape index (κ1) is 18.7. The van der Waals surface area contributed by atoms with Crippen molar-refractivity contribution in [3.8, 4) is 11.5 Å². The Morgan fingerprint density at radius 3 is 2.07 bits per heavy atom. The molecular weight excluding hydrogens is 364 g/mol. The van der Waals surface area contributed by atoms with E-state index in [4.69, 9.17) is 14.9 Å². The molecule has 1 heterocycles. The zero-order chi connectivity index (χ0) is 20.4. The number of rotatable bonds is 6. The van der Waals surface area contributed by atoms with Crippen LogP contribution in [0.2, 0.25) is 0 Å². The van der Waals surface area contributed by atoms with E-state index in [9.17, 15) is 4.79 Å². The minimum absolute atomic E-state index is 0.0598. The molecule has 1 aliphatic rings. The number of hydrogen-bond acceptors (Lipinski definition) is 4. The lowest BCUT2D eigenvalue weighted by Crippen LogP contribution is -2.34. The van der Waals surface area contributed by atoms with Crippen LogP contribution < -0.4 is 9.47 Å². The van der Waals surface area contributed by atoms with Crippen LogP contribution in [-0.2, 0) is 6.54 Å². The highest BCUT2D eigenvalue weighted by Crippen LogP contribution is 2.34. The van der Waals surface area contributed by atoms with E-state index in [2.05, 4.69) is 0 Å². The second kappa shape index (κ2) is 7.80. The molecule has 3 aromatic carbocycles. The van der Waals surface area contributed by atoms with Crippen LogP contribution in [0.15, 0.2) is 72.8 Å². The molecule has 3 aromatic rings. The van der Waals surface area contributed by atoms with Crippen LogP contribution in [0.1, 0.15) is 33.1 Å². The van der Waals surface area contributed by atoms with E-state index in [0.717, 1.165) is 22.4 Å². The summed E-state index contributed by atoms with van der Waals surface area (Å²) in [5.41, 5.74) is 3.33. The largest absolute Gasteiger partial charge is 0.497 e. The molecule has 146 valence electrons. The molecule has 0 aromatic heterocycles. The molecule has 0 aliphatic carbocycles. The molecule has 0 amide bonds. The van der Waals surface area contributed by atoms with Crippen LogP contribution in [0, 0.1) is 5.41 Å². The lowest BCUT2D eigenvalue weighted by atomic mass is 9.95. The number of carbonyl (C=O) groups is 1. The molecule has 0 spiro atoms. The summed E-state index contributed by atoms with van der Waals surface area (Å²) in [4.78, 5) is 15.4. The molecule has 0 bridgehead atoms. The third kappa shape index (κ3) is 3.47. The number of hydrogen-bond donors (Lipinski definition) is 1. The first-order valence-electron chi connectivity index (χ1n) is 9.38. The Morgan fingerprint density at radius 1 is 0.897 bits per heavy atom. The van der Waals surface area contributed by atoms with Crippen molar-refractivity contribution in [2.45, 2.75) is 12.6 Å². The molecule has 5 nitrogen and oxygen atoms in total. The zero-order valence-corrected chi connectivity index (χ0v) is 16.4. The van der Waals surface area contributed by atoms with E-state index in [1.54, 1.807) is 38.5 Å². The number of Topliss-reactive ketones (excluding diaryl/α,β-unsaturated/α-hetero) is 1. The van der Waals surface area contributed by atoms with Crippen molar-refractivity contribution in [3.63, 3.8) is 0 Å². The van der Waals surface area contributed by atoms with Crippen molar-refractivity contribution >= 4 is 11.6 Å². The van der Waals surface area contributed by atoms with E-state index in [-0.39, 0.29) is 5.78 Å². The van der Waals surface area contributed by atoms with Crippen LogP contribution in [0.4, 0.5) is 0 Å². The van der Waals surface area contributed by atoms with Crippen molar-refractivity contribution in [2.24, 2.45) is 0 Å². The van der Waals surface area contributed by atoms with Crippen molar-refractivity contribution in [2.75, 3.05) is 14.2 Å². The number of nitrogens with zero attached hydrogens (tertiary/aromatic N) is 1. The minimum Gasteiger partial charge on any atom is -0.497 e. The van der Waals surface area contributed by atoms with Crippen LogP contribution in [0.5, 0.6) is 11.5 Å². The van der Waals surface area contributed by atoms with Gasteiger partial charge in [0.05, 0.1) is 14.2 Å². The van der Waals surface area contributed by atoms with Crippen molar-refractivity contribution in [1.29, 1.82) is 5.41 Å². The summed E-state index contributed by atoms with van der Waals surface area (Å²) in [7, 11) is 3.21. The predicted molar refractivity (Wildman–Crippen MR) is 112 cm³/mol. The second-order valence-electron chi connectivity index (χ2n) is 6.90. The summed E-state index contributed by atoms with van der Waals surface area (Å²) >= 11 is 0. The summed E-state index contributed by atoms with van der Waals surface area (Å²) in [6.45, 7) is 0.521. The van der Waals surface area contributed by atoms with Gasteiger partial charge in [0.2, 0.25) is 0 Å². The summed E-state index contributed by atoms with van der Waals surface area (Å²) in [5, 5.41) is 8.69. The predicted octanol–water partition coefficient (Wildman–Crippen LogP) is 4.47. The molecular formula is C24H22N2O3. The monoisotopic (exact) mass is 386 g/mol. The van der Waals surface area contributed by atoms with Gasteiger partial charge in [0.1, 0.15) is 23.4 Å². The number of fused-ring (bicyclic) bond motifs is 1. The molecule has 0 fully saturated rings. The number of ether oxygens (including phenoxy) is 2. The zero-order valence-electron chi connectivity index (χ0n) is 16.4. The van der Waals surface area contributed by atoms with Crippen LogP contribution in [0.25, 0.3) is 0 Å². The SMILES string of the molecule is COc1ccc(C(=O)C(c2ccc(OC)cc2)N2Cc3ccccc3C2=N)cc1. The molecule has 0 saturated heterocycles. The number of benzene rings is 3. The van der Waals surface area contributed by atoms with E-state index < -0.39 is 6.04 Å². The average Bonchev–Trinajstić information content (AvgIpc) is 3.11. The minimum atomic E-state index is -0.603. The van der Waals surface area contributed by atoms with Crippen LogP contribution in [0.3, 0.4) is 0 Å². The van der Waals surface area contributed by atoms with Crippen molar-refractivity contribution in [3.05, 3.63) is 95.1 Å². The highest BCUT2D eigenvalue weighted by atomic mass is 16.5. The first-order valence-corrected chi connectivity index (χ1v) is 9.38. The lowest BCUT2D eigenvalue weighted by Gasteiger charge is -2.29. The number of amidine groups is 1. The van der Waals surface area contributed by atoms with Gasteiger partial charge in [-0.25, -0.2) is 0 Å². The molecule has 4 rings (SSSR count). The number of nitrogens with one attached hydrogen (secondary N) is 1. The highest BCUT2D eigenvalue weighted by molar-refractivity contribution is 6.07. The Kier molecular flexibility index (Phi) is 5.04. The topological polar surface area (TPSA) is 62.6 Å². The van der Waals surface area contributed by atoms with Gasteiger partial charge < -0.3 is 14.4 Å². The van der Waals surface area contributed by atoms with Crippen LogP contribution in [-0.4, -0.2) is 30.7 Å². The van der Waals surface area contributed by atoms with Gasteiger partial charge in [-0.15, -0.1) is 0 Å². The molecule has 1 unspecified atom stereocenters. The number of methoxy groups -OCH3 is 2. The molecule has 1 atom stereocenters. The average molecular weight is 386 g/mol. The molecule has 29 heavy (non-hydrogen) atoms. The van der Waals surface area contributed by atoms with Gasteiger partial charge in [-0.2, -0.15) is 0 Å². The summed E-state index contributed by atoms with van der Waals surface area (Å²) in [5.74, 6) is 1.73. The molecule has 0 saturated carbocycles. The van der Waals surface area contributed by atoms with Gasteiger partial charge in [-0.1, -0.05) is 36.4 Å². The third-order valence-corrected chi connectivity index (χ3v) is 5.27.